The molecule has 0 aliphatic rings. The maximum absolute atomic E-state index is 3.94. The van der Waals surface area contributed by atoms with Crippen LogP contribution >= 0.6 is 0 Å². The average Bonchev–Trinajstić information content (AvgIpc) is 2.51. The van der Waals surface area contributed by atoms with Crippen molar-refractivity contribution in [1.29, 1.82) is 0 Å². The van der Waals surface area contributed by atoms with Gasteiger partial charge in [-0.3, -0.25) is 0 Å². The summed E-state index contributed by atoms with van der Waals surface area (Å²) in [5, 5.41) is 15.8. The van der Waals surface area contributed by atoms with Gasteiger partial charge >= 0.3 is 153 Å². The van der Waals surface area contributed by atoms with Gasteiger partial charge in [0.25, 0.3) is 0 Å². The van der Waals surface area contributed by atoms with E-state index in [2.05, 4.69) is 101 Å². The van der Waals surface area contributed by atoms with Crippen molar-refractivity contribution in [3.8, 4) is 0 Å². The van der Waals surface area contributed by atoms with Crippen LogP contribution < -0.4 is 8.85 Å². The van der Waals surface area contributed by atoms with Gasteiger partial charge in [0.15, 0.2) is 0 Å². The zero-order valence-corrected chi connectivity index (χ0v) is 19.9. The first-order chi connectivity index (χ1) is 11.3. The standard InChI is InChI=1S/C14H9.C4H12NSi.4CH3.Ti/c1-3-7-13-11(5-1)9-10-12-6-2-4-8-14(12)13;1-4(2,3)5-6;;;;;/h1,3-10H;5H,6H2,1-3H3;4*1H3;. The summed E-state index contributed by atoms with van der Waals surface area (Å²) in [6, 6.07) is 20.5. The molecule has 0 aromatic heterocycles. The molecule has 0 heterocycles. The fraction of sp³-hybridized carbons (Fsp3) is 0.364. The van der Waals surface area contributed by atoms with Gasteiger partial charge in [-0.15, -0.1) is 0 Å². The van der Waals surface area contributed by atoms with Crippen LogP contribution in [0.5, 0.6) is 0 Å². The number of hydrogen-bond donors (Lipinski definition) is 1. The Labute approximate surface area is 152 Å². The van der Waals surface area contributed by atoms with Gasteiger partial charge in [-0.1, -0.05) is 0 Å². The Morgan fingerprint density at radius 1 is 0.760 bits per heavy atom. The molecular weight excluding hydrogens is 354 g/mol. The van der Waals surface area contributed by atoms with E-state index in [1.807, 2.05) is 0 Å². The van der Waals surface area contributed by atoms with Crippen LogP contribution in [0.25, 0.3) is 21.5 Å². The number of benzene rings is 3. The van der Waals surface area contributed by atoms with Crippen molar-refractivity contribution in [3.05, 3.63) is 54.6 Å². The molecule has 0 fully saturated rings. The molecule has 0 radical (unpaired) electrons. The van der Waals surface area contributed by atoms with Crippen LogP contribution in [0.1, 0.15) is 20.8 Å². The number of hydrogen-bond acceptors (Lipinski definition) is 1. The van der Waals surface area contributed by atoms with Gasteiger partial charge in [0.05, 0.1) is 0 Å². The molecule has 1 nitrogen and oxygen atoms in total. The Bertz CT molecular complexity index is 961. The predicted molar refractivity (Wildman–Crippen MR) is 116 cm³/mol. The van der Waals surface area contributed by atoms with E-state index in [1.54, 1.807) is 3.87 Å². The van der Waals surface area contributed by atoms with E-state index in [0.717, 1.165) is 0 Å². The van der Waals surface area contributed by atoms with Crippen LogP contribution in [-0.4, -0.2) is 13.1 Å². The minimum absolute atomic E-state index is 0.202. The second-order valence-corrected chi connectivity index (χ2v) is 45.8. The van der Waals surface area contributed by atoms with Crippen LogP contribution in [0.3, 0.4) is 0 Å². The van der Waals surface area contributed by atoms with Gasteiger partial charge in [-0.2, -0.15) is 0 Å². The molecule has 0 saturated carbocycles. The summed E-state index contributed by atoms with van der Waals surface area (Å²) in [5.41, 5.74) is 0.202. The van der Waals surface area contributed by atoms with E-state index < -0.39 is 20.8 Å². The number of rotatable bonds is 3. The Kier molecular flexibility index (Phi) is 3.99. The summed E-state index contributed by atoms with van der Waals surface area (Å²) < 4.78 is 1.60. The quantitative estimate of drug-likeness (QED) is 0.467. The average molecular weight is 387 g/mol. The monoisotopic (exact) mass is 387 g/mol. The van der Waals surface area contributed by atoms with Crippen LogP contribution in [0.2, 0.25) is 20.9 Å². The van der Waals surface area contributed by atoms with Gasteiger partial charge in [-0.05, 0) is 0 Å². The fourth-order valence-corrected chi connectivity index (χ4v) is 15.8. The maximum atomic E-state index is 3.94. The number of nitrogens with one attached hydrogen (secondary N) is 1. The summed E-state index contributed by atoms with van der Waals surface area (Å²) in [6.45, 7) is 6.87. The van der Waals surface area contributed by atoms with Gasteiger partial charge in [0.2, 0.25) is 0 Å². The van der Waals surface area contributed by atoms with Crippen molar-refractivity contribution >= 4 is 33.0 Å². The van der Waals surface area contributed by atoms with E-state index in [9.17, 15) is 0 Å². The van der Waals surface area contributed by atoms with Crippen LogP contribution in [0, 0.1) is 0 Å². The summed E-state index contributed by atoms with van der Waals surface area (Å²) in [5.74, 6) is 0. The molecular formula is C22H33NSiTi. The molecule has 3 rings (SSSR count). The van der Waals surface area contributed by atoms with Crippen LogP contribution in [0.4, 0.5) is 0 Å². The van der Waals surface area contributed by atoms with E-state index in [-0.39, 0.29) is 5.54 Å². The van der Waals surface area contributed by atoms with Crippen molar-refractivity contribution in [2.24, 2.45) is 0 Å². The molecule has 134 valence electrons. The molecule has 25 heavy (non-hydrogen) atoms. The summed E-state index contributed by atoms with van der Waals surface area (Å²) in [7, 11) is -0.426. The molecule has 3 aromatic rings. The van der Waals surface area contributed by atoms with Crippen molar-refractivity contribution in [1.82, 2.24) is 4.98 Å². The normalized spacial score (nSPS) is 16.4. The molecule has 0 aliphatic heterocycles. The molecule has 3 heteroatoms. The van der Waals surface area contributed by atoms with Crippen molar-refractivity contribution in [3.63, 3.8) is 0 Å². The second-order valence-electron chi connectivity index (χ2n) is 11.9. The van der Waals surface area contributed by atoms with E-state index in [0.29, 0.717) is 0 Å². The summed E-state index contributed by atoms with van der Waals surface area (Å²) >= 11 is -3.21. The van der Waals surface area contributed by atoms with Gasteiger partial charge in [0, 0.05) is 0 Å². The van der Waals surface area contributed by atoms with Crippen LogP contribution in [-0.2, 0) is 13.3 Å². The van der Waals surface area contributed by atoms with Gasteiger partial charge in [-0.25, -0.2) is 0 Å². The third-order valence-corrected chi connectivity index (χ3v) is 23.0. The molecule has 0 amide bonds. The first kappa shape index (κ1) is 18.9. The van der Waals surface area contributed by atoms with E-state index in [4.69, 9.17) is 0 Å². The topological polar surface area (TPSA) is 12.0 Å². The summed E-state index contributed by atoms with van der Waals surface area (Å²) in [6.07, 6.45) is 0. The van der Waals surface area contributed by atoms with E-state index in [1.165, 1.54) is 21.5 Å². The SMILES string of the molecule is CC(C)(C)N[SiH2][Ti]([CH3])([CH3])([CH3])([CH3])[c]1ccc2c(ccc3ccccc32)c1. The third-order valence-electron chi connectivity index (χ3n) is 5.52. The Balaban J connectivity index is 2.16. The zero-order chi connectivity index (χ0) is 18.6. The molecule has 0 saturated heterocycles. The first-order valence-electron chi connectivity index (χ1n) is 9.43. The van der Waals surface area contributed by atoms with Crippen molar-refractivity contribution < 1.29 is 13.3 Å². The minimum atomic E-state index is -3.21. The molecule has 0 aliphatic carbocycles. The molecule has 0 spiro atoms. The van der Waals surface area contributed by atoms with E-state index >= 15 is 0 Å². The Hall–Kier alpha value is -0.929. The first-order valence-corrected chi connectivity index (χ1v) is 21.2. The molecule has 0 unspecified atom stereocenters. The molecule has 1 N–H and O–H groups in total. The van der Waals surface area contributed by atoms with Crippen LogP contribution in [0.15, 0.2) is 54.6 Å². The fourth-order valence-electron chi connectivity index (χ4n) is 3.51. The Morgan fingerprint density at radius 3 is 2.04 bits per heavy atom. The predicted octanol–water partition coefficient (Wildman–Crippen LogP) is 5.42. The van der Waals surface area contributed by atoms with Crippen molar-refractivity contribution in [2.45, 2.75) is 47.2 Å². The second kappa shape index (κ2) is 5.29. The molecule has 3 aromatic carbocycles. The van der Waals surface area contributed by atoms with Crippen molar-refractivity contribution in [2.75, 3.05) is 0 Å². The third kappa shape index (κ3) is 3.93. The van der Waals surface area contributed by atoms with Gasteiger partial charge in [0.1, 0.15) is 0 Å². The number of fused-ring (bicyclic) bond motifs is 3. The summed E-state index contributed by atoms with van der Waals surface area (Å²) in [4.78, 5) is 3.94. The molecule has 0 bridgehead atoms. The van der Waals surface area contributed by atoms with Gasteiger partial charge < -0.3 is 0 Å². The zero-order valence-electron chi connectivity index (χ0n) is 16.9. The Morgan fingerprint density at radius 2 is 1.36 bits per heavy atom. The molecule has 0 atom stereocenters.